The van der Waals surface area contributed by atoms with Gasteiger partial charge in [-0.25, -0.2) is 9.78 Å². The minimum absolute atomic E-state index is 0.00259. The number of ether oxygens (including phenoxy) is 1. The van der Waals surface area contributed by atoms with E-state index in [1.54, 1.807) is 6.92 Å². The Morgan fingerprint density at radius 2 is 2.29 bits per heavy atom. The number of aromatic nitrogens is 2. The van der Waals surface area contributed by atoms with E-state index in [0.717, 1.165) is 30.5 Å². The Morgan fingerprint density at radius 3 is 3.00 bits per heavy atom. The number of nitrogens with zero attached hydrogens (tertiary/aromatic N) is 3. The molecule has 2 heterocycles. The van der Waals surface area contributed by atoms with Gasteiger partial charge in [0, 0.05) is 24.3 Å². The summed E-state index contributed by atoms with van der Waals surface area (Å²) in [5, 5.41) is 13.5. The van der Waals surface area contributed by atoms with E-state index in [1.165, 1.54) is 6.20 Å². The van der Waals surface area contributed by atoms with Crippen LogP contribution in [0.2, 0.25) is 5.02 Å². The average Bonchev–Trinajstić information content (AvgIpc) is 3.17. The molecule has 1 unspecified atom stereocenters. The molecule has 2 aromatic rings. The minimum Gasteiger partial charge on any atom is -0.462 e. The predicted octanol–water partition coefficient (Wildman–Crippen LogP) is 3.19. The van der Waals surface area contributed by atoms with Crippen LogP contribution >= 0.6 is 11.6 Å². The first kappa shape index (κ1) is 20.4. The van der Waals surface area contributed by atoms with Gasteiger partial charge in [0.05, 0.1) is 19.3 Å². The van der Waals surface area contributed by atoms with Crippen LogP contribution in [0.5, 0.6) is 0 Å². The number of nitrogens with one attached hydrogen (secondary N) is 1. The molecule has 7 nitrogen and oxygen atoms in total. The van der Waals surface area contributed by atoms with Crippen LogP contribution in [0.3, 0.4) is 0 Å². The molecule has 0 radical (unpaired) electrons. The van der Waals surface area contributed by atoms with Gasteiger partial charge < -0.3 is 20.1 Å². The van der Waals surface area contributed by atoms with Crippen molar-refractivity contribution in [2.24, 2.45) is 0 Å². The number of hydrogen-bond acceptors (Lipinski definition) is 7. The fourth-order valence-electron chi connectivity index (χ4n) is 3.22. The van der Waals surface area contributed by atoms with Crippen molar-refractivity contribution >= 4 is 29.3 Å². The normalized spacial score (nSPS) is 16.3. The van der Waals surface area contributed by atoms with Gasteiger partial charge in [0.25, 0.3) is 0 Å². The number of aryl methyl sites for hydroxylation is 1. The maximum absolute atomic E-state index is 12.3. The molecule has 2 N–H and O–H groups in total. The molecule has 28 heavy (non-hydrogen) atoms. The van der Waals surface area contributed by atoms with E-state index in [2.05, 4.69) is 15.3 Å². The lowest BCUT2D eigenvalue weighted by Gasteiger charge is -2.23. The Hall–Kier alpha value is -2.38. The lowest BCUT2D eigenvalue weighted by atomic mass is 10.1. The van der Waals surface area contributed by atoms with Crippen LogP contribution in [0.4, 0.5) is 11.8 Å². The van der Waals surface area contributed by atoms with Crippen LogP contribution in [0.15, 0.2) is 24.4 Å². The van der Waals surface area contributed by atoms with E-state index in [-0.39, 0.29) is 24.8 Å². The van der Waals surface area contributed by atoms with Gasteiger partial charge >= 0.3 is 5.97 Å². The fourth-order valence-corrected chi connectivity index (χ4v) is 3.43. The summed E-state index contributed by atoms with van der Waals surface area (Å²) < 4.78 is 5.13. The highest BCUT2D eigenvalue weighted by Gasteiger charge is 2.27. The molecule has 8 heteroatoms. The zero-order valence-corrected chi connectivity index (χ0v) is 16.9. The number of hydrogen-bond donors (Lipinski definition) is 2. The summed E-state index contributed by atoms with van der Waals surface area (Å²) in [6.45, 7) is 5.25. The first-order valence-corrected chi connectivity index (χ1v) is 9.81. The van der Waals surface area contributed by atoms with Crippen molar-refractivity contribution in [1.82, 2.24) is 9.97 Å². The molecule has 1 fully saturated rings. The molecule has 1 aliphatic heterocycles. The SMILES string of the molecule is CCOC(=O)c1cnc(N2CCCC2CO)nc1NCc1ccc(C)c(Cl)c1. The third-order valence-corrected chi connectivity index (χ3v) is 5.22. The number of carbonyl (C=O) groups is 1. The summed E-state index contributed by atoms with van der Waals surface area (Å²) in [7, 11) is 0. The molecule has 150 valence electrons. The number of halogens is 1. The summed E-state index contributed by atoms with van der Waals surface area (Å²) >= 11 is 6.20. The summed E-state index contributed by atoms with van der Waals surface area (Å²) in [6, 6.07) is 5.81. The van der Waals surface area contributed by atoms with E-state index in [9.17, 15) is 9.90 Å². The minimum atomic E-state index is -0.474. The van der Waals surface area contributed by atoms with Gasteiger partial charge in [-0.05, 0) is 43.9 Å². The van der Waals surface area contributed by atoms with Crippen LogP contribution in [0, 0.1) is 6.92 Å². The molecule has 0 amide bonds. The topological polar surface area (TPSA) is 87.6 Å². The van der Waals surface area contributed by atoms with Crippen LogP contribution < -0.4 is 10.2 Å². The monoisotopic (exact) mass is 404 g/mol. The third kappa shape index (κ3) is 4.54. The molecule has 1 atom stereocenters. The summed E-state index contributed by atoms with van der Waals surface area (Å²) in [6.07, 6.45) is 3.35. The van der Waals surface area contributed by atoms with Crippen molar-refractivity contribution in [2.75, 3.05) is 30.0 Å². The molecule has 0 bridgehead atoms. The van der Waals surface area contributed by atoms with Gasteiger partial charge in [0.2, 0.25) is 5.95 Å². The molecule has 0 saturated carbocycles. The second kappa shape index (κ2) is 9.21. The lowest BCUT2D eigenvalue weighted by Crippen LogP contribution is -2.33. The van der Waals surface area contributed by atoms with Gasteiger partial charge in [-0.1, -0.05) is 23.7 Å². The van der Waals surface area contributed by atoms with Crippen LogP contribution in [0.1, 0.15) is 41.3 Å². The van der Waals surface area contributed by atoms with Gasteiger partial charge in [-0.15, -0.1) is 0 Å². The number of rotatable bonds is 7. The summed E-state index contributed by atoms with van der Waals surface area (Å²) in [4.78, 5) is 23.2. The number of carbonyl (C=O) groups excluding carboxylic acids is 1. The first-order valence-electron chi connectivity index (χ1n) is 9.44. The van der Waals surface area contributed by atoms with Crippen molar-refractivity contribution in [2.45, 2.75) is 39.3 Å². The van der Waals surface area contributed by atoms with Crippen LogP contribution in [-0.2, 0) is 11.3 Å². The Morgan fingerprint density at radius 1 is 1.46 bits per heavy atom. The fraction of sp³-hybridized carbons (Fsp3) is 0.450. The van der Waals surface area contributed by atoms with Gasteiger partial charge in [0.15, 0.2) is 0 Å². The number of aliphatic hydroxyl groups excluding tert-OH is 1. The Balaban J connectivity index is 1.87. The molecule has 1 aromatic carbocycles. The number of benzene rings is 1. The van der Waals surface area contributed by atoms with Crippen molar-refractivity contribution in [1.29, 1.82) is 0 Å². The van der Waals surface area contributed by atoms with E-state index in [0.29, 0.717) is 23.3 Å². The largest absolute Gasteiger partial charge is 0.462 e. The zero-order chi connectivity index (χ0) is 20.1. The molecule has 3 rings (SSSR count). The van der Waals surface area contributed by atoms with E-state index in [1.807, 2.05) is 30.0 Å². The second-order valence-corrected chi connectivity index (χ2v) is 7.17. The van der Waals surface area contributed by atoms with Crippen molar-refractivity contribution in [3.05, 3.63) is 46.1 Å². The van der Waals surface area contributed by atoms with Crippen molar-refractivity contribution in [3.63, 3.8) is 0 Å². The van der Waals surface area contributed by atoms with E-state index < -0.39 is 5.97 Å². The molecule has 1 aromatic heterocycles. The molecular weight excluding hydrogens is 380 g/mol. The third-order valence-electron chi connectivity index (χ3n) is 4.81. The highest BCUT2D eigenvalue weighted by atomic mass is 35.5. The number of esters is 1. The smallest absolute Gasteiger partial charge is 0.343 e. The maximum atomic E-state index is 12.3. The predicted molar refractivity (Wildman–Crippen MR) is 109 cm³/mol. The maximum Gasteiger partial charge on any atom is 0.343 e. The molecular formula is C20H25ClN4O3. The average molecular weight is 405 g/mol. The summed E-state index contributed by atoms with van der Waals surface area (Å²) in [5.74, 6) is 0.427. The first-order chi connectivity index (χ1) is 13.5. The zero-order valence-electron chi connectivity index (χ0n) is 16.1. The van der Waals surface area contributed by atoms with Crippen molar-refractivity contribution < 1.29 is 14.6 Å². The van der Waals surface area contributed by atoms with Gasteiger partial charge in [0.1, 0.15) is 11.4 Å². The molecule has 1 saturated heterocycles. The van der Waals surface area contributed by atoms with Crippen molar-refractivity contribution in [3.8, 4) is 0 Å². The van der Waals surface area contributed by atoms with E-state index in [4.69, 9.17) is 16.3 Å². The number of aliphatic hydroxyl groups is 1. The standard InChI is InChI=1S/C20H25ClN4O3/c1-3-28-19(27)16-11-23-20(25-8-4-5-15(25)12-26)24-18(16)22-10-14-7-6-13(2)17(21)9-14/h6-7,9,11,15,26H,3-5,8,10,12H2,1-2H3,(H,22,23,24). The quantitative estimate of drug-likeness (QED) is 0.685. The van der Waals surface area contributed by atoms with Crippen LogP contribution in [-0.4, -0.2) is 46.8 Å². The van der Waals surface area contributed by atoms with E-state index >= 15 is 0 Å². The van der Waals surface area contributed by atoms with Gasteiger partial charge in [-0.3, -0.25) is 0 Å². The highest BCUT2D eigenvalue weighted by Crippen LogP contribution is 2.25. The summed E-state index contributed by atoms with van der Waals surface area (Å²) in [5.41, 5.74) is 2.26. The van der Waals surface area contributed by atoms with Gasteiger partial charge in [-0.2, -0.15) is 4.98 Å². The number of anilines is 2. The van der Waals surface area contributed by atoms with Crippen LogP contribution in [0.25, 0.3) is 0 Å². The Bertz CT molecular complexity index is 846. The molecule has 1 aliphatic rings. The molecule has 0 spiro atoms. The Kier molecular flexibility index (Phi) is 6.70. The molecule has 0 aliphatic carbocycles. The lowest BCUT2D eigenvalue weighted by molar-refractivity contribution is 0.0526. The second-order valence-electron chi connectivity index (χ2n) is 6.76. The Labute approximate surface area is 169 Å². The highest BCUT2D eigenvalue weighted by molar-refractivity contribution is 6.31.